The van der Waals surface area contributed by atoms with E-state index in [2.05, 4.69) is 23.1 Å². The van der Waals surface area contributed by atoms with Gasteiger partial charge >= 0.3 is 0 Å². The zero-order valence-electron chi connectivity index (χ0n) is 7.24. The van der Waals surface area contributed by atoms with Crippen LogP contribution >= 0.6 is 0 Å². The first-order valence-corrected chi connectivity index (χ1v) is 4.08. The first-order chi connectivity index (χ1) is 5.79. The van der Waals surface area contributed by atoms with E-state index >= 15 is 0 Å². The van der Waals surface area contributed by atoms with E-state index in [9.17, 15) is 0 Å². The maximum atomic E-state index is 5.79. The minimum atomic E-state index is -0.105. The standard InChI is InChI=1S/C9H15N3/c1-3-5-9-11-6-7-12(9)8(10)4-2/h3-4,8H,1-2,5-7,10H2. The van der Waals surface area contributed by atoms with Crippen molar-refractivity contribution in [3.8, 4) is 0 Å². The second-order valence-electron chi connectivity index (χ2n) is 2.71. The Bertz CT molecular complexity index is 208. The van der Waals surface area contributed by atoms with Crippen LogP contribution in [-0.4, -0.2) is 30.0 Å². The van der Waals surface area contributed by atoms with Crippen molar-refractivity contribution in [2.75, 3.05) is 13.1 Å². The Morgan fingerprint density at radius 2 is 2.42 bits per heavy atom. The Morgan fingerprint density at radius 3 is 3.00 bits per heavy atom. The highest BCUT2D eigenvalue weighted by Crippen LogP contribution is 2.07. The Balaban J connectivity index is 2.60. The summed E-state index contributed by atoms with van der Waals surface area (Å²) in [5, 5.41) is 0. The molecule has 1 aliphatic rings. The highest BCUT2D eigenvalue weighted by Gasteiger charge is 2.18. The summed E-state index contributed by atoms with van der Waals surface area (Å²) in [5.41, 5.74) is 5.79. The predicted octanol–water partition coefficient (Wildman–Crippen LogP) is 0.747. The lowest BCUT2D eigenvalue weighted by molar-refractivity contribution is 0.393. The summed E-state index contributed by atoms with van der Waals surface area (Å²) in [4.78, 5) is 6.37. The molecule has 0 fully saturated rings. The van der Waals surface area contributed by atoms with Crippen LogP contribution in [0.4, 0.5) is 0 Å². The highest BCUT2D eigenvalue weighted by atomic mass is 15.3. The van der Waals surface area contributed by atoms with Gasteiger partial charge in [0.1, 0.15) is 5.84 Å². The van der Waals surface area contributed by atoms with Crippen LogP contribution in [-0.2, 0) is 0 Å². The summed E-state index contributed by atoms with van der Waals surface area (Å²) in [6, 6.07) is 0. The number of aliphatic imine (C=N–C) groups is 1. The van der Waals surface area contributed by atoms with Gasteiger partial charge in [0.25, 0.3) is 0 Å². The molecule has 0 bridgehead atoms. The van der Waals surface area contributed by atoms with Gasteiger partial charge in [-0.2, -0.15) is 0 Å². The maximum Gasteiger partial charge on any atom is 0.104 e. The molecule has 66 valence electrons. The Morgan fingerprint density at radius 1 is 1.67 bits per heavy atom. The molecule has 0 aromatic carbocycles. The highest BCUT2D eigenvalue weighted by molar-refractivity contribution is 5.85. The number of amidine groups is 1. The number of rotatable bonds is 4. The van der Waals surface area contributed by atoms with Crippen molar-refractivity contribution >= 4 is 5.84 Å². The molecule has 12 heavy (non-hydrogen) atoms. The minimum Gasteiger partial charge on any atom is -0.339 e. The zero-order valence-corrected chi connectivity index (χ0v) is 7.24. The molecule has 0 aromatic rings. The summed E-state index contributed by atoms with van der Waals surface area (Å²) in [7, 11) is 0. The van der Waals surface area contributed by atoms with Gasteiger partial charge < -0.3 is 10.6 Å². The molecule has 1 unspecified atom stereocenters. The molecule has 2 N–H and O–H groups in total. The molecule has 3 nitrogen and oxygen atoms in total. The first kappa shape index (κ1) is 9.00. The minimum absolute atomic E-state index is 0.105. The molecule has 1 aliphatic heterocycles. The molecule has 0 saturated heterocycles. The largest absolute Gasteiger partial charge is 0.339 e. The average molecular weight is 165 g/mol. The second-order valence-corrected chi connectivity index (χ2v) is 2.71. The third-order valence-electron chi connectivity index (χ3n) is 1.90. The van der Waals surface area contributed by atoms with Crippen LogP contribution in [0.2, 0.25) is 0 Å². The number of hydrogen-bond donors (Lipinski definition) is 1. The summed E-state index contributed by atoms with van der Waals surface area (Å²) >= 11 is 0. The summed E-state index contributed by atoms with van der Waals surface area (Å²) in [5.74, 6) is 1.03. The summed E-state index contributed by atoms with van der Waals surface area (Å²) < 4.78 is 0. The number of hydrogen-bond acceptors (Lipinski definition) is 3. The van der Waals surface area contributed by atoms with Gasteiger partial charge in [0.05, 0.1) is 12.7 Å². The van der Waals surface area contributed by atoms with Crippen LogP contribution in [0.25, 0.3) is 0 Å². The number of nitrogens with zero attached hydrogens (tertiary/aromatic N) is 2. The molecule has 0 aromatic heterocycles. The van der Waals surface area contributed by atoms with Crippen LogP contribution < -0.4 is 5.73 Å². The summed E-state index contributed by atoms with van der Waals surface area (Å²) in [6.45, 7) is 9.06. The van der Waals surface area contributed by atoms with Gasteiger partial charge in [-0.1, -0.05) is 18.7 Å². The van der Waals surface area contributed by atoms with Gasteiger partial charge in [-0.15, -0.1) is 6.58 Å². The Kier molecular flexibility index (Phi) is 3.05. The molecule has 3 heteroatoms. The molecule has 0 radical (unpaired) electrons. The van der Waals surface area contributed by atoms with Crippen LogP contribution in [0.15, 0.2) is 30.3 Å². The molecule has 0 saturated carbocycles. The fraction of sp³-hybridized carbons (Fsp3) is 0.444. The molecule has 0 amide bonds. The maximum absolute atomic E-state index is 5.79. The topological polar surface area (TPSA) is 41.6 Å². The Hall–Kier alpha value is -1.09. The molecule has 1 rings (SSSR count). The smallest absolute Gasteiger partial charge is 0.104 e. The van der Waals surface area contributed by atoms with E-state index in [0.717, 1.165) is 25.3 Å². The van der Waals surface area contributed by atoms with Gasteiger partial charge in [-0.25, -0.2) is 0 Å². The van der Waals surface area contributed by atoms with Gasteiger partial charge in [0, 0.05) is 13.0 Å². The molecular weight excluding hydrogens is 150 g/mol. The van der Waals surface area contributed by atoms with Gasteiger partial charge in [-0.05, 0) is 0 Å². The van der Waals surface area contributed by atoms with Crippen molar-refractivity contribution in [1.29, 1.82) is 0 Å². The van der Waals surface area contributed by atoms with Crippen LogP contribution in [0, 0.1) is 0 Å². The normalized spacial score (nSPS) is 18.8. The fourth-order valence-corrected chi connectivity index (χ4v) is 1.27. The van der Waals surface area contributed by atoms with Crippen molar-refractivity contribution in [2.45, 2.75) is 12.6 Å². The lowest BCUT2D eigenvalue weighted by atomic mass is 10.3. The van der Waals surface area contributed by atoms with Gasteiger partial charge in [0.15, 0.2) is 0 Å². The molecule has 1 atom stereocenters. The van der Waals surface area contributed by atoms with Crippen LogP contribution in [0.3, 0.4) is 0 Å². The van der Waals surface area contributed by atoms with Crippen molar-refractivity contribution < 1.29 is 0 Å². The van der Waals surface area contributed by atoms with E-state index in [4.69, 9.17) is 5.73 Å². The first-order valence-electron chi connectivity index (χ1n) is 4.08. The van der Waals surface area contributed by atoms with E-state index in [0.29, 0.717) is 0 Å². The van der Waals surface area contributed by atoms with E-state index in [1.54, 1.807) is 6.08 Å². The SMILES string of the molecule is C=CCC1=NCCN1C(N)C=C. The lowest BCUT2D eigenvalue weighted by Gasteiger charge is -2.24. The van der Waals surface area contributed by atoms with E-state index in [1.807, 2.05) is 6.08 Å². The van der Waals surface area contributed by atoms with Crippen molar-refractivity contribution in [1.82, 2.24) is 4.90 Å². The molecular formula is C9H15N3. The third-order valence-corrected chi connectivity index (χ3v) is 1.90. The third kappa shape index (κ3) is 1.74. The van der Waals surface area contributed by atoms with E-state index < -0.39 is 0 Å². The van der Waals surface area contributed by atoms with Crippen LogP contribution in [0.5, 0.6) is 0 Å². The van der Waals surface area contributed by atoms with Crippen molar-refractivity contribution in [2.24, 2.45) is 10.7 Å². The fourth-order valence-electron chi connectivity index (χ4n) is 1.27. The van der Waals surface area contributed by atoms with Gasteiger partial charge in [0.2, 0.25) is 0 Å². The monoisotopic (exact) mass is 165 g/mol. The quantitative estimate of drug-likeness (QED) is 0.624. The lowest BCUT2D eigenvalue weighted by Crippen LogP contribution is -2.42. The molecule has 1 heterocycles. The van der Waals surface area contributed by atoms with E-state index in [-0.39, 0.29) is 6.17 Å². The molecule has 0 spiro atoms. The van der Waals surface area contributed by atoms with Crippen molar-refractivity contribution in [3.63, 3.8) is 0 Å². The van der Waals surface area contributed by atoms with Gasteiger partial charge in [-0.3, -0.25) is 4.99 Å². The predicted molar refractivity (Wildman–Crippen MR) is 52.0 cm³/mol. The zero-order chi connectivity index (χ0) is 8.97. The second kappa shape index (κ2) is 4.07. The Labute approximate surface area is 73.3 Å². The van der Waals surface area contributed by atoms with Crippen LogP contribution in [0.1, 0.15) is 6.42 Å². The summed E-state index contributed by atoms with van der Waals surface area (Å²) in [6.07, 6.45) is 4.25. The van der Waals surface area contributed by atoms with E-state index in [1.165, 1.54) is 0 Å². The van der Waals surface area contributed by atoms with Crippen molar-refractivity contribution in [3.05, 3.63) is 25.3 Å². The number of nitrogens with two attached hydrogens (primary N) is 1. The molecule has 0 aliphatic carbocycles. The average Bonchev–Trinajstić information content (AvgIpc) is 2.52.